The maximum Gasteiger partial charge on any atom is 0.245 e. The van der Waals surface area contributed by atoms with Gasteiger partial charge in [0.1, 0.15) is 0 Å². The van der Waals surface area contributed by atoms with Crippen molar-refractivity contribution in [2.24, 2.45) is 5.92 Å². The van der Waals surface area contributed by atoms with Crippen LogP contribution in [0.1, 0.15) is 5.69 Å². The number of halogens is 2. The summed E-state index contributed by atoms with van der Waals surface area (Å²) in [7, 11) is 0. The summed E-state index contributed by atoms with van der Waals surface area (Å²) in [5.41, 5.74) is 2.09. The van der Waals surface area contributed by atoms with Crippen LogP contribution in [0, 0.1) is 12.8 Å². The van der Waals surface area contributed by atoms with Gasteiger partial charge in [-0.3, -0.25) is 9.78 Å². The third kappa shape index (κ3) is 3.84. The molecule has 2 heterocycles. The predicted molar refractivity (Wildman–Crippen MR) is 105 cm³/mol. The van der Waals surface area contributed by atoms with Gasteiger partial charge in [-0.25, -0.2) is 0 Å². The van der Waals surface area contributed by atoms with Crippen LogP contribution in [0.5, 0.6) is 0 Å². The Morgan fingerprint density at radius 1 is 1.12 bits per heavy atom. The molecule has 122 valence electrons. The van der Waals surface area contributed by atoms with E-state index >= 15 is 0 Å². The van der Waals surface area contributed by atoms with Crippen LogP contribution in [0.2, 0.25) is 0 Å². The number of hydrogen-bond acceptors (Lipinski definition) is 2. The number of hydrogen-bond donors (Lipinski definition) is 1. The lowest BCUT2D eigenvalue weighted by molar-refractivity contribution is -0.117. The molecule has 1 aliphatic carbocycles. The molecule has 1 N–H and O–H groups in total. The minimum atomic E-state index is -0.0249. The highest BCUT2D eigenvalue weighted by molar-refractivity contribution is 9.11. The molecule has 1 aliphatic heterocycles. The number of fused-ring (bicyclic) bond motifs is 2. The van der Waals surface area contributed by atoms with Gasteiger partial charge in [0.2, 0.25) is 5.91 Å². The molecule has 0 spiro atoms. The van der Waals surface area contributed by atoms with Gasteiger partial charge >= 0.3 is 0 Å². The fraction of sp³-hybridized carbons (Fsp3) is 0.158. The lowest BCUT2D eigenvalue weighted by Gasteiger charge is -2.28. The fourth-order valence-electron chi connectivity index (χ4n) is 2.69. The van der Waals surface area contributed by atoms with E-state index in [1.807, 2.05) is 49.4 Å². The second-order valence-corrected chi connectivity index (χ2v) is 7.39. The lowest BCUT2D eigenvalue weighted by atomic mass is 9.92. The van der Waals surface area contributed by atoms with Crippen molar-refractivity contribution in [3.8, 4) is 0 Å². The summed E-state index contributed by atoms with van der Waals surface area (Å²) in [6, 6.07) is 10.3. The Morgan fingerprint density at radius 2 is 1.88 bits per heavy atom. The van der Waals surface area contributed by atoms with Gasteiger partial charge in [-0.15, -0.1) is 0 Å². The van der Waals surface area contributed by atoms with Crippen LogP contribution in [-0.2, 0) is 4.79 Å². The van der Waals surface area contributed by atoms with Crippen molar-refractivity contribution >= 4 is 48.7 Å². The number of pyridine rings is 1. The fourth-order valence-corrected chi connectivity index (χ4v) is 4.00. The van der Waals surface area contributed by atoms with E-state index in [-0.39, 0.29) is 17.9 Å². The number of benzene rings is 1. The van der Waals surface area contributed by atoms with Gasteiger partial charge in [-0.2, -0.15) is 0 Å². The largest absolute Gasteiger partial charge is 0.345 e. The third-order valence-corrected chi connectivity index (χ3v) is 5.24. The smallest absolute Gasteiger partial charge is 0.245 e. The van der Waals surface area contributed by atoms with E-state index in [1.165, 1.54) is 5.39 Å². The third-order valence-electron chi connectivity index (χ3n) is 3.83. The van der Waals surface area contributed by atoms with Crippen molar-refractivity contribution in [2.45, 2.75) is 13.0 Å². The monoisotopic (exact) mass is 446 g/mol. The Balaban J connectivity index is 0.000000141. The van der Waals surface area contributed by atoms with Gasteiger partial charge in [0.15, 0.2) is 0 Å². The molecule has 0 bridgehead atoms. The normalized spacial score (nSPS) is 21.5. The zero-order valence-electron chi connectivity index (χ0n) is 13.0. The Hall–Kier alpha value is -1.72. The van der Waals surface area contributed by atoms with Crippen LogP contribution in [-0.4, -0.2) is 16.9 Å². The van der Waals surface area contributed by atoms with E-state index in [1.54, 1.807) is 6.08 Å². The van der Waals surface area contributed by atoms with E-state index in [9.17, 15) is 4.79 Å². The highest BCUT2D eigenvalue weighted by Crippen LogP contribution is 2.28. The Morgan fingerprint density at radius 3 is 2.71 bits per heavy atom. The molecule has 3 nitrogen and oxygen atoms in total. The first kappa shape index (κ1) is 17.1. The molecule has 1 amide bonds. The van der Waals surface area contributed by atoms with E-state index in [0.29, 0.717) is 0 Å². The number of aromatic nitrogens is 1. The van der Waals surface area contributed by atoms with Gasteiger partial charge in [-0.1, -0.05) is 74.4 Å². The molecular formula is C19H16Br2N2O. The highest BCUT2D eigenvalue weighted by atomic mass is 79.9. The summed E-state index contributed by atoms with van der Waals surface area (Å²) in [6.45, 7) is 2.00. The summed E-state index contributed by atoms with van der Waals surface area (Å²) >= 11 is 6.89. The number of rotatable bonds is 0. The van der Waals surface area contributed by atoms with Crippen molar-refractivity contribution in [2.75, 3.05) is 0 Å². The number of carbonyl (C=O) groups is 1. The molecule has 0 radical (unpaired) electrons. The number of amides is 1. The number of nitrogens with one attached hydrogen (secondary N) is 1. The number of allylic oxidation sites excluding steroid dienone is 2. The Bertz CT molecular complexity index is 871. The van der Waals surface area contributed by atoms with Crippen molar-refractivity contribution < 1.29 is 4.79 Å². The van der Waals surface area contributed by atoms with Crippen LogP contribution in [0.15, 0.2) is 69.7 Å². The van der Waals surface area contributed by atoms with Crippen LogP contribution in [0.3, 0.4) is 0 Å². The van der Waals surface area contributed by atoms with Crippen LogP contribution < -0.4 is 5.32 Å². The number of para-hydroxylation sites is 1. The van der Waals surface area contributed by atoms with E-state index in [2.05, 4.69) is 54.3 Å². The number of carbonyl (C=O) groups excluding carboxylic acids is 1. The average molecular weight is 448 g/mol. The summed E-state index contributed by atoms with van der Waals surface area (Å²) in [5.74, 6) is 0.260. The Labute approximate surface area is 157 Å². The molecule has 0 saturated carbocycles. The maximum atomic E-state index is 11.1. The predicted octanol–water partition coefficient (Wildman–Crippen LogP) is 4.81. The molecule has 2 aromatic rings. The first-order chi connectivity index (χ1) is 11.5. The molecule has 24 heavy (non-hydrogen) atoms. The molecule has 2 unspecified atom stereocenters. The topological polar surface area (TPSA) is 42.0 Å². The molecule has 0 fully saturated rings. The van der Waals surface area contributed by atoms with E-state index in [0.717, 1.165) is 20.2 Å². The lowest BCUT2D eigenvalue weighted by Crippen LogP contribution is -2.41. The van der Waals surface area contributed by atoms with Crippen LogP contribution in [0.4, 0.5) is 0 Å². The molecule has 2 atom stereocenters. The second-order valence-electron chi connectivity index (χ2n) is 5.62. The van der Waals surface area contributed by atoms with Gasteiger partial charge < -0.3 is 5.32 Å². The van der Waals surface area contributed by atoms with Crippen LogP contribution >= 0.6 is 31.9 Å². The first-order valence-corrected chi connectivity index (χ1v) is 9.17. The molecule has 1 aromatic heterocycles. The standard InChI is InChI=1S/C10H8BrN.C9H8BrNO/c1-7-6-9(11)8-4-2-3-5-10(8)12-7;10-7-5-9(12)11-8-4-2-1-3-6(7)8/h2-6H,1H3;1-6,8H,(H,11,12). The van der Waals surface area contributed by atoms with Gasteiger partial charge in [0, 0.05) is 32.0 Å². The summed E-state index contributed by atoms with van der Waals surface area (Å²) in [4.78, 5) is 15.5. The second kappa shape index (κ2) is 7.45. The highest BCUT2D eigenvalue weighted by Gasteiger charge is 2.26. The summed E-state index contributed by atoms with van der Waals surface area (Å²) < 4.78 is 2.07. The minimum absolute atomic E-state index is 0.0249. The van der Waals surface area contributed by atoms with Crippen molar-refractivity contribution in [1.82, 2.24) is 10.3 Å². The van der Waals surface area contributed by atoms with E-state index in [4.69, 9.17) is 0 Å². The van der Waals surface area contributed by atoms with Gasteiger partial charge in [0.05, 0.1) is 11.6 Å². The summed E-state index contributed by atoms with van der Waals surface area (Å²) in [6.07, 6.45) is 9.60. The van der Waals surface area contributed by atoms with Crippen molar-refractivity contribution in [3.05, 3.63) is 75.4 Å². The average Bonchev–Trinajstić information content (AvgIpc) is 2.55. The van der Waals surface area contributed by atoms with Gasteiger partial charge in [0.25, 0.3) is 0 Å². The van der Waals surface area contributed by atoms with Gasteiger partial charge in [-0.05, 0) is 19.1 Å². The molecule has 0 saturated heterocycles. The molecule has 4 rings (SSSR count). The van der Waals surface area contributed by atoms with Crippen LogP contribution in [0.25, 0.3) is 10.9 Å². The van der Waals surface area contributed by atoms with Crippen molar-refractivity contribution in [3.63, 3.8) is 0 Å². The summed E-state index contributed by atoms with van der Waals surface area (Å²) in [5, 5.41) is 4.03. The quantitative estimate of drug-likeness (QED) is 0.629. The zero-order chi connectivity index (χ0) is 17.1. The van der Waals surface area contributed by atoms with Crippen molar-refractivity contribution in [1.29, 1.82) is 0 Å². The molecule has 1 aromatic carbocycles. The molecule has 2 aliphatic rings. The molecular weight excluding hydrogens is 432 g/mol. The number of nitrogens with zero attached hydrogens (tertiary/aromatic N) is 1. The number of aryl methyl sites for hydroxylation is 1. The zero-order valence-corrected chi connectivity index (χ0v) is 16.2. The minimum Gasteiger partial charge on any atom is -0.345 e. The Kier molecular flexibility index (Phi) is 5.31. The maximum absolute atomic E-state index is 11.1. The van der Waals surface area contributed by atoms with E-state index < -0.39 is 0 Å². The first-order valence-electron chi connectivity index (χ1n) is 7.59. The molecule has 5 heteroatoms. The SMILES string of the molecule is Cc1cc(Br)c2ccccc2n1.O=C1C=C(Br)C2C=CC=CC2N1.